The molecule has 0 bridgehead atoms. The molecule has 0 aromatic carbocycles. The fraction of sp³-hybridized carbons (Fsp3) is 0.667. The number of hydrogen-bond acceptors (Lipinski definition) is 4. The first-order valence-electron chi connectivity index (χ1n) is 6.28. The summed E-state index contributed by atoms with van der Waals surface area (Å²) >= 11 is 5.77. The van der Waals surface area contributed by atoms with Gasteiger partial charge in [-0.2, -0.15) is 0 Å². The molecule has 1 aliphatic heterocycles. The lowest BCUT2D eigenvalue weighted by molar-refractivity contribution is 0.296. The summed E-state index contributed by atoms with van der Waals surface area (Å²) in [5.74, 6) is 0.757. The molecule has 1 fully saturated rings. The molecule has 94 valence electrons. The molecule has 2 rings (SSSR count). The van der Waals surface area contributed by atoms with Crippen LogP contribution in [0.25, 0.3) is 0 Å². The van der Waals surface area contributed by atoms with Crippen molar-refractivity contribution in [1.29, 1.82) is 0 Å². The van der Waals surface area contributed by atoms with Gasteiger partial charge in [-0.15, -0.1) is 0 Å². The number of aromatic nitrogens is 2. The maximum Gasteiger partial charge on any atom is 0.149 e. The van der Waals surface area contributed by atoms with Crippen LogP contribution in [-0.4, -0.2) is 41.0 Å². The summed E-state index contributed by atoms with van der Waals surface area (Å²) in [4.78, 5) is 10.7. The molecule has 1 saturated heterocycles. The van der Waals surface area contributed by atoms with Crippen molar-refractivity contribution in [3.63, 3.8) is 0 Å². The Morgan fingerprint density at radius 1 is 1.18 bits per heavy atom. The first-order valence-corrected chi connectivity index (χ1v) is 6.66. The van der Waals surface area contributed by atoms with Gasteiger partial charge in [0.05, 0.1) is 12.4 Å². The lowest BCUT2D eigenvalue weighted by atomic mass is 10.2. The van der Waals surface area contributed by atoms with E-state index in [9.17, 15) is 0 Å². The van der Waals surface area contributed by atoms with Gasteiger partial charge in [-0.25, -0.2) is 4.98 Å². The quantitative estimate of drug-likeness (QED) is 0.896. The second-order valence-electron chi connectivity index (χ2n) is 4.41. The molecule has 1 aromatic rings. The number of nitrogens with one attached hydrogen (secondary N) is 1. The molecule has 4 nitrogen and oxygen atoms in total. The molecule has 1 N–H and O–H groups in total. The predicted molar refractivity (Wildman–Crippen MR) is 70.4 cm³/mol. The highest BCUT2D eigenvalue weighted by Crippen LogP contribution is 2.09. The Morgan fingerprint density at radius 3 is 2.65 bits per heavy atom. The minimum atomic E-state index is 0.435. The van der Waals surface area contributed by atoms with E-state index >= 15 is 0 Å². The summed E-state index contributed by atoms with van der Waals surface area (Å²) in [5, 5.41) is 3.69. The van der Waals surface area contributed by atoms with Gasteiger partial charge in [-0.1, -0.05) is 24.4 Å². The van der Waals surface area contributed by atoms with Crippen molar-refractivity contribution in [3.8, 4) is 0 Å². The second kappa shape index (κ2) is 6.77. The van der Waals surface area contributed by atoms with Crippen LogP contribution in [0.5, 0.6) is 0 Å². The summed E-state index contributed by atoms with van der Waals surface area (Å²) in [7, 11) is 0. The third kappa shape index (κ3) is 4.48. The van der Waals surface area contributed by atoms with Crippen molar-refractivity contribution in [2.45, 2.75) is 25.7 Å². The van der Waals surface area contributed by atoms with Crippen molar-refractivity contribution in [2.24, 2.45) is 0 Å². The van der Waals surface area contributed by atoms with Gasteiger partial charge in [0.25, 0.3) is 0 Å². The topological polar surface area (TPSA) is 41.1 Å². The Labute approximate surface area is 107 Å². The average Bonchev–Trinajstić information content (AvgIpc) is 2.58. The van der Waals surface area contributed by atoms with Crippen molar-refractivity contribution in [2.75, 3.05) is 31.5 Å². The van der Waals surface area contributed by atoms with E-state index in [1.54, 1.807) is 12.4 Å². The fourth-order valence-electron chi connectivity index (χ4n) is 2.13. The number of nitrogens with zero attached hydrogens (tertiary/aromatic N) is 3. The first kappa shape index (κ1) is 12.6. The Balaban J connectivity index is 1.71. The van der Waals surface area contributed by atoms with Crippen LogP contribution in [0.3, 0.4) is 0 Å². The number of halogens is 1. The Morgan fingerprint density at radius 2 is 1.94 bits per heavy atom. The SMILES string of the molecule is Clc1cncc(NCCN2CCCCCC2)n1. The zero-order chi connectivity index (χ0) is 11.9. The zero-order valence-corrected chi connectivity index (χ0v) is 10.8. The predicted octanol–water partition coefficient (Wildman–Crippen LogP) is 2.42. The summed E-state index contributed by atoms with van der Waals surface area (Å²) in [5.41, 5.74) is 0. The fourth-order valence-corrected chi connectivity index (χ4v) is 2.28. The lowest BCUT2D eigenvalue weighted by Gasteiger charge is -2.19. The second-order valence-corrected chi connectivity index (χ2v) is 4.80. The highest BCUT2D eigenvalue weighted by Gasteiger charge is 2.08. The van der Waals surface area contributed by atoms with Gasteiger partial charge in [0.2, 0.25) is 0 Å². The standard InChI is InChI=1S/C12H19ClN4/c13-11-9-14-10-12(16-11)15-5-8-17-6-3-1-2-4-7-17/h9-10H,1-8H2,(H,15,16). The van der Waals surface area contributed by atoms with Gasteiger partial charge < -0.3 is 10.2 Å². The van der Waals surface area contributed by atoms with Crippen molar-refractivity contribution < 1.29 is 0 Å². The molecule has 0 amide bonds. The molecule has 0 atom stereocenters. The van der Waals surface area contributed by atoms with Gasteiger partial charge in [-0.3, -0.25) is 4.98 Å². The molecule has 0 aliphatic carbocycles. The van der Waals surface area contributed by atoms with Crippen molar-refractivity contribution in [3.05, 3.63) is 17.5 Å². The van der Waals surface area contributed by atoms with Crippen molar-refractivity contribution in [1.82, 2.24) is 14.9 Å². The molecule has 1 aromatic heterocycles. The van der Waals surface area contributed by atoms with Crippen LogP contribution in [0.4, 0.5) is 5.82 Å². The molecular formula is C12H19ClN4. The highest BCUT2D eigenvalue weighted by molar-refractivity contribution is 6.29. The average molecular weight is 255 g/mol. The van der Waals surface area contributed by atoms with Gasteiger partial charge in [-0.05, 0) is 25.9 Å². The van der Waals surface area contributed by atoms with Gasteiger partial charge in [0.15, 0.2) is 0 Å². The summed E-state index contributed by atoms with van der Waals surface area (Å²) in [6.45, 7) is 4.41. The van der Waals surface area contributed by atoms with Crippen LogP contribution < -0.4 is 5.32 Å². The molecule has 0 saturated carbocycles. The summed E-state index contributed by atoms with van der Waals surface area (Å²) in [6.07, 6.45) is 8.66. The molecule has 5 heteroatoms. The minimum Gasteiger partial charge on any atom is -0.367 e. The van der Waals surface area contributed by atoms with Gasteiger partial charge in [0, 0.05) is 13.1 Å². The third-order valence-corrected chi connectivity index (χ3v) is 3.22. The Kier molecular flexibility index (Phi) is 5.01. The van der Waals surface area contributed by atoms with Crippen LogP contribution in [0, 0.1) is 0 Å². The van der Waals surface area contributed by atoms with E-state index in [4.69, 9.17) is 11.6 Å². The van der Waals surface area contributed by atoms with Crippen molar-refractivity contribution >= 4 is 17.4 Å². The van der Waals surface area contributed by atoms with Crippen LogP contribution >= 0.6 is 11.6 Å². The number of likely N-dealkylation sites (tertiary alicyclic amines) is 1. The number of rotatable bonds is 4. The molecule has 0 radical (unpaired) electrons. The van der Waals surface area contributed by atoms with E-state index in [2.05, 4.69) is 20.2 Å². The van der Waals surface area contributed by atoms with E-state index in [1.165, 1.54) is 38.8 Å². The third-order valence-electron chi connectivity index (χ3n) is 3.04. The molecule has 0 spiro atoms. The lowest BCUT2D eigenvalue weighted by Crippen LogP contribution is -2.30. The van der Waals surface area contributed by atoms with Crippen LogP contribution in [0.15, 0.2) is 12.4 Å². The van der Waals surface area contributed by atoms with E-state index < -0.39 is 0 Å². The van der Waals surface area contributed by atoms with E-state index in [-0.39, 0.29) is 0 Å². The number of anilines is 1. The minimum absolute atomic E-state index is 0.435. The molecule has 2 heterocycles. The van der Waals surface area contributed by atoms with E-state index in [0.717, 1.165) is 18.9 Å². The van der Waals surface area contributed by atoms with E-state index in [0.29, 0.717) is 5.15 Å². The molecule has 0 unspecified atom stereocenters. The van der Waals surface area contributed by atoms with Gasteiger partial charge in [0.1, 0.15) is 11.0 Å². The largest absolute Gasteiger partial charge is 0.367 e. The summed E-state index contributed by atoms with van der Waals surface area (Å²) < 4.78 is 0. The van der Waals surface area contributed by atoms with E-state index in [1.807, 2.05) is 0 Å². The molecular weight excluding hydrogens is 236 g/mol. The van der Waals surface area contributed by atoms with Crippen LogP contribution in [0.1, 0.15) is 25.7 Å². The monoisotopic (exact) mass is 254 g/mol. The maximum atomic E-state index is 5.77. The Bertz CT molecular complexity index is 337. The molecule has 17 heavy (non-hydrogen) atoms. The molecule has 1 aliphatic rings. The highest BCUT2D eigenvalue weighted by atomic mass is 35.5. The zero-order valence-electron chi connectivity index (χ0n) is 10.0. The van der Waals surface area contributed by atoms with Gasteiger partial charge >= 0.3 is 0 Å². The smallest absolute Gasteiger partial charge is 0.149 e. The normalized spacial score (nSPS) is 17.7. The number of hydrogen-bond donors (Lipinski definition) is 1. The maximum absolute atomic E-state index is 5.77. The first-order chi connectivity index (χ1) is 8.34. The van der Waals surface area contributed by atoms with Crippen LogP contribution in [0.2, 0.25) is 5.15 Å². The Hall–Kier alpha value is -0.870. The van der Waals surface area contributed by atoms with Crippen LogP contribution in [-0.2, 0) is 0 Å². The summed E-state index contributed by atoms with van der Waals surface area (Å²) in [6, 6.07) is 0.